The average molecular weight is 278 g/mol. The summed E-state index contributed by atoms with van der Waals surface area (Å²) in [4.78, 5) is 15.6. The minimum Gasteiger partial charge on any atom is -0.508 e. The Morgan fingerprint density at radius 1 is 1.10 bits per heavy atom. The van der Waals surface area contributed by atoms with Gasteiger partial charge in [-0.2, -0.15) is 0 Å². The van der Waals surface area contributed by atoms with Crippen LogP contribution in [0.1, 0.15) is 31.9 Å². The number of hydrogen-bond acceptors (Lipinski definition) is 4. The molecular formula is C15H22N2O3. The summed E-state index contributed by atoms with van der Waals surface area (Å²) in [6.07, 6.45) is 0.939. The molecule has 1 saturated heterocycles. The molecule has 1 aliphatic heterocycles. The second-order valence-electron chi connectivity index (χ2n) is 5.35. The normalized spacial score (nSPS) is 18.6. The number of nitrogens with zero attached hydrogens (tertiary/aromatic N) is 2. The van der Waals surface area contributed by atoms with E-state index >= 15 is 0 Å². The van der Waals surface area contributed by atoms with E-state index < -0.39 is 0 Å². The van der Waals surface area contributed by atoms with E-state index in [-0.39, 0.29) is 23.4 Å². The smallest absolute Gasteiger partial charge is 0.219 e. The third kappa shape index (κ3) is 3.42. The Hall–Kier alpha value is -1.75. The summed E-state index contributed by atoms with van der Waals surface area (Å²) in [6, 6.07) is 4.78. The number of phenols is 2. The van der Waals surface area contributed by atoms with E-state index in [4.69, 9.17) is 0 Å². The highest BCUT2D eigenvalue weighted by atomic mass is 16.3. The second kappa shape index (κ2) is 6.13. The SMILES string of the molecule is CC(=O)N1CCCN(C(C)c2cc(O)cc(O)c2)CC1. The van der Waals surface area contributed by atoms with E-state index in [1.165, 1.54) is 6.07 Å². The van der Waals surface area contributed by atoms with Crippen molar-refractivity contribution < 1.29 is 15.0 Å². The highest BCUT2D eigenvalue weighted by Gasteiger charge is 2.21. The van der Waals surface area contributed by atoms with Gasteiger partial charge in [-0.05, 0) is 31.0 Å². The third-order valence-corrected chi connectivity index (χ3v) is 3.93. The molecule has 5 heteroatoms. The van der Waals surface area contributed by atoms with Gasteiger partial charge in [-0.1, -0.05) is 0 Å². The number of phenolic OH excluding ortho intramolecular Hbond substituents is 2. The Morgan fingerprint density at radius 3 is 2.35 bits per heavy atom. The van der Waals surface area contributed by atoms with E-state index in [9.17, 15) is 15.0 Å². The molecule has 0 aromatic heterocycles. The molecule has 0 aliphatic carbocycles. The van der Waals surface area contributed by atoms with Crippen LogP contribution in [0.25, 0.3) is 0 Å². The highest BCUT2D eigenvalue weighted by molar-refractivity contribution is 5.73. The number of amides is 1. The van der Waals surface area contributed by atoms with Crippen molar-refractivity contribution in [3.8, 4) is 11.5 Å². The quantitative estimate of drug-likeness (QED) is 0.864. The summed E-state index contributed by atoms with van der Waals surface area (Å²) in [6.45, 7) is 6.89. The summed E-state index contributed by atoms with van der Waals surface area (Å²) in [5.74, 6) is 0.272. The Labute approximate surface area is 119 Å². The highest BCUT2D eigenvalue weighted by Crippen LogP contribution is 2.28. The van der Waals surface area contributed by atoms with Crippen molar-refractivity contribution >= 4 is 5.91 Å². The fraction of sp³-hybridized carbons (Fsp3) is 0.533. The lowest BCUT2D eigenvalue weighted by Gasteiger charge is -2.28. The second-order valence-corrected chi connectivity index (χ2v) is 5.35. The molecule has 1 aromatic carbocycles. The van der Waals surface area contributed by atoms with Crippen LogP contribution in [0.15, 0.2) is 18.2 Å². The summed E-state index contributed by atoms with van der Waals surface area (Å²) in [7, 11) is 0. The van der Waals surface area contributed by atoms with E-state index in [0.717, 1.165) is 38.2 Å². The van der Waals surface area contributed by atoms with Crippen LogP contribution < -0.4 is 0 Å². The van der Waals surface area contributed by atoms with Crippen LogP contribution in [0.2, 0.25) is 0 Å². The minimum atomic E-state index is 0.0760. The van der Waals surface area contributed by atoms with Gasteiger partial charge in [0.15, 0.2) is 0 Å². The van der Waals surface area contributed by atoms with Crippen LogP contribution in [0.3, 0.4) is 0 Å². The van der Waals surface area contributed by atoms with Crippen molar-refractivity contribution in [3.63, 3.8) is 0 Å². The molecule has 1 heterocycles. The van der Waals surface area contributed by atoms with Gasteiger partial charge in [0, 0.05) is 45.2 Å². The molecule has 20 heavy (non-hydrogen) atoms. The number of rotatable bonds is 2. The molecule has 0 saturated carbocycles. The predicted molar refractivity (Wildman–Crippen MR) is 76.6 cm³/mol. The molecule has 1 aromatic rings. The first kappa shape index (κ1) is 14.7. The van der Waals surface area contributed by atoms with Gasteiger partial charge >= 0.3 is 0 Å². The molecule has 1 aliphatic rings. The van der Waals surface area contributed by atoms with Crippen LogP contribution in [0.4, 0.5) is 0 Å². The van der Waals surface area contributed by atoms with E-state index in [2.05, 4.69) is 11.8 Å². The lowest BCUT2D eigenvalue weighted by molar-refractivity contribution is -0.128. The maximum atomic E-state index is 11.4. The number of carbonyl (C=O) groups is 1. The van der Waals surface area contributed by atoms with E-state index in [0.29, 0.717) is 0 Å². The molecule has 1 amide bonds. The van der Waals surface area contributed by atoms with Crippen molar-refractivity contribution in [3.05, 3.63) is 23.8 Å². The molecule has 110 valence electrons. The Morgan fingerprint density at radius 2 is 1.75 bits per heavy atom. The number of aromatic hydroxyl groups is 2. The van der Waals surface area contributed by atoms with E-state index in [1.807, 2.05) is 4.90 Å². The predicted octanol–water partition coefficient (Wildman–Crippen LogP) is 1.71. The Balaban J connectivity index is 2.08. The maximum Gasteiger partial charge on any atom is 0.219 e. The van der Waals surface area contributed by atoms with Crippen molar-refractivity contribution in [1.29, 1.82) is 0 Å². The summed E-state index contributed by atoms with van der Waals surface area (Å²) in [5.41, 5.74) is 0.888. The first-order valence-electron chi connectivity index (χ1n) is 7.00. The van der Waals surface area contributed by atoms with Gasteiger partial charge in [0.05, 0.1) is 0 Å². The monoisotopic (exact) mass is 278 g/mol. The summed E-state index contributed by atoms with van der Waals surface area (Å²) < 4.78 is 0. The molecule has 2 rings (SSSR count). The van der Waals surface area contributed by atoms with Gasteiger partial charge in [0.2, 0.25) is 5.91 Å². The molecule has 1 unspecified atom stereocenters. The topological polar surface area (TPSA) is 64.0 Å². The molecular weight excluding hydrogens is 256 g/mol. The number of benzene rings is 1. The van der Waals surface area contributed by atoms with Crippen LogP contribution >= 0.6 is 0 Å². The first-order chi connectivity index (χ1) is 9.47. The molecule has 1 atom stereocenters. The lowest BCUT2D eigenvalue weighted by atomic mass is 10.1. The van der Waals surface area contributed by atoms with Crippen molar-refractivity contribution in [2.45, 2.75) is 26.3 Å². The Bertz CT molecular complexity index is 470. The minimum absolute atomic E-state index is 0.0760. The zero-order valence-corrected chi connectivity index (χ0v) is 12.0. The molecule has 5 nitrogen and oxygen atoms in total. The number of hydrogen-bond donors (Lipinski definition) is 2. The van der Waals surface area contributed by atoms with Crippen LogP contribution in [0, 0.1) is 0 Å². The fourth-order valence-electron chi connectivity index (χ4n) is 2.71. The van der Waals surface area contributed by atoms with Gasteiger partial charge in [-0.25, -0.2) is 0 Å². The summed E-state index contributed by atoms with van der Waals surface area (Å²) >= 11 is 0. The molecule has 0 radical (unpaired) electrons. The van der Waals surface area contributed by atoms with Crippen LogP contribution in [-0.4, -0.2) is 52.1 Å². The van der Waals surface area contributed by atoms with Crippen LogP contribution in [0.5, 0.6) is 11.5 Å². The fourth-order valence-corrected chi connectivity index (χ4v) is 2.71. The zero-order valence-electron chi connectivity index (χ0n) is 12.0. The molecule has 0 bridgehead atoms. The van der Waals surface area contributed by atoms with Crippen molar-refractivity contribution in [2.24, 2.45) is 0 Å². The van der Waals surface area contributed by atoms with Crippen LogP contribution in [-0.2, 0) is 4.79 Å². The number of carbonyl (C=O) groups excluding carboxylic acids is 1. The standard InChI is InChI=1S/C15H22N2O3/c1-11(13-8-14(19)10-15(20)9-13)16-4-3-5-17(7-6-16)12(2)18/h8-11,19-20H,3-7H2,1-2H3. The largest absolute Gasteiger partial charge is 0.508 e. The summed E-state index contributed by atoms with van der Waals surface area (Å²) in [5, 5.41) is 19.2. The Kier molecular flexibility index (Phi) is 4.49. The van der Waals surface area contributed by atoms with Gasteiger partial charge < -0.3 is 15.1 Å². The van der Waals surface area contributed by atoms with Crippen molar-refractivity contribution in [2.75, 3.05) is 26.2 Å². The maximum absolute atomic E-state index is 11.4. The molecule has 2 N–H and O–H groups in total. The van der Waals surface area contributed by atoms with Crippen molar-refractivity contribution in [1.82, 2.24) is 9.80 Å². The lowest BCUT2D eigenvalue weighted by Crippen LogP contribution is -2.34. The third-order valence-electron chi connectivity index (χ3n) is 3.93. The van der Waals surface area contributed by atoms with Gasteiger partial charge in [0.25, 0.3) is 0 Å². The first-order valence-corrected chi connectivity index (χ1v) is 7.00. The zero-order chi connectivity index (χ0) is 14.7. The molecule has 0 spiro atoms. The molecule has 1 fully saturated rings. The van der Waals surface area contributed by atoms with Gasteiger partial charge in [0.1, 0.15) is 11.5 Å². The van der Waals surface area contributed by atoms with Gasteiger partial charge in [-0.3, -0.25) is 9.69 Å². The van der Waals surface area contributed by atoms with E-state index in [1.54, 1.807) is 19.1 Å². The average Bonchev–Trinajstić information content (AvgIpc) is 2.62. The van der Waals surface area contributed by atoms with Gasteiger partial charge in [-0.15, -0.1) is 0 Å².